The van der Waals surface area contributed by atoms with Crippen LogP contribution in [0.5, 0.6) is 5.75 Å². The Morgan fingerprint density at radius 3 is 2.57 bits per heavy atom. The first-order chi connectivity index (χ1) is 10.7. The van der Waals surface area contributed by atoms with Crippen LogP contribution in [0.3, 0.4) is 0 Å². The molecule has 1 saturated heterocycles. The Hall–Kier alpha value is -0.970. The van der Waals surface area contributed by atoms with E-state index >= 15 is 0 Å². The Labute approximate surface area is 149 Å². The molecule has 1 aliphatic heterocycles. The molecule has 1 fully saturated rings. The molecule has 1 amide bonds. The maximum Gasteiger partial charge on any atom is 0.225 e. The van der Waals surface area contributed by atoms with Gasteiger partial charge in [-0.15, -0.1) is 12.4 Å². The van der Waals surface area contributed by atoms with Crippen molar-refractivity contribution in [3.05, 3.63) is 29.3 Å². The Bertz CT molecular complexity index is 460. The molecule has 1 aliphatic rings. The largest absolute Gasteiger partial charge is 0.493 e. The molecule has 1 aromatic carbocycles. The number of hydrogen-bond acceptors (Lipinski definition) is 3. The molecule has 0 saturated carbocycles. The Morgan fingerprint density at radius 1 is 1.30 bits per heavy atom. The summed E-state index contributed by atoms with van der Waals surface area (Å²) in [5.41, 5.74) is 0. The average molecular weight is 361 g/mol. The summed E-state index contributed by atoms with van der Waals surface area (Å²) in [5, 5.41) is 4.07. The molecular formula is C17H26Cl2N2O2. The second-order valence-corrected chi connectivity index (χ2v) is 6.12. The van der Waals surface area contributed by atoms with Crippen LogP contribution in [-0.2, 0) is 4.79 Å². The van der Waals surface area contributed by atoms with Gasteiger partial charge in [-0.2, -0.15) is 0 Å². The number of carbonyl (C=O) groups excluding carboxylic acids is 1. The highest BCUT2D eigenvalue weighted by Crippen LogP contribution is 2.18. The molecule has 0 aliphatic carbocycles. The molecule has 6 heteroatoms. The summed E-state index contributed by atoms with van der Waals surface area (Å²) in [6, 6.07) is 7.21. The van der Waals surface area contributed by atoms with Gasteiger partial charge in [0.2, 0.25) is 5.91 Å². The average Bonchev–Trinajstić information content (AvgIpc) is 2.55. The van der Waals surface area contributed by atoms with Crippen LogP contribution in [0.25, 0.3) is 0 Å². The van der Waals surface area contributed by atoms with Crippen LogP contribution in [0.15, 0.2) is 24.3 Å². The van der Waals surface area contributed by atoms with Crippen molar-refractivity contribution in [1.82, 2.24) is 10.2 Å². The van der Waals surface area contributed by atoms with Gasteiger partial charge in [0.15, 0.2) is 0 Å². The van der Waals surface area contributed by atoms with Gasteiger partial charge in [0.1, 0.15) is 5.75 Å². The zero-order valence-corrected chi connectivity index (χ0v) is 15.2. The lowest BCUT2D eigenvalue weighted by atomic mass is 9.96. The lowest BCUT2D eigenvalue weighted by Gasteiger charge is -2.32. The van der Waals surface area contributed by atoms with E-state index in [9.17, 15) is 4.79 Å². The number of amides is 1. The Kier molecular flexibility index (Phi) is 9.37. The van der Waals surface area contributed by atoms with Crippen LogP contribution in [-0.4, -0.2) is 43.6 Å². The fourth-order valence-electron chi connectivity index (χ4n) is 2.68. The van der Waals surface area contributed by atoms with Crippen LogP contribution >= 0.6 is 24.0 Å². The smallest absolute Gasteiger partial charge is 0.225 e. The van der Waals surface area contributed by atoms with Crippen molar-refractivity contribution in [2.45, 2.75) is 26.2 Å². The molecule has 0 radical (unpaired) electrons. The first-order valence-electron chi connectivity index (χ1n) is 8.06. The van der Waals surface area contributed by atoms with Crippen LogP contribution in [0.4, 0.5) is 0 Å². The lowest BCUT2D eigenvalue weighted by molar-refractivity contribution is -0.133. The van der Waals surface area contributed by atoms with E-state index in [4.69, 9.17) is 16.3 Å². The molecule has 0 bridgehead atoms. The summed E-state index contributed by atoms with van der Waals surface area (Å²) in [6.45, 7) is 6.36. The summed E-state index contributed by atoms with van der Waals surface area (Å²) in [6.07, 6.45) is 2.62. The van der Waals surface area contributed by atoms with E-state index in [2.05, 4.69) is 12.2 Å². The van der Waals surface area contributed by atoms with Gasteiger partial charge in [-0.05, 0) is 56.1 Å². The van der Waals surface area contributed by atoms with Crippen molar-refractivity contribution in [3.63, 3.8) is 0 Å². The minimum absolute atomic E-state index is 0. The van der Waals surface area contributed by atoms with Crippen molar-refractivity contribution in [3.8, 4) is 5.75 Å². The zero-order valence-electron chi connectivity index (χ0n) is 13.6. The van der Waals surface area contributed by atoms with E-state index in [0.717, 1.165) is 44.8 Å². The summed E-state index contributed by atoms with van der Waals surface area (Å²) < 4.78 is 5.58. The zero-order chi connectivity index (χ0) is 15.8. The van der Waals surface area contributed by atoms with Gasteiger partial charge in [0.05, 0.1) is 13.0 Å². The number of rotatable bonds is 7. The topological polar surface area (TPSA) is 41.6 Å². The molecule has 0 unspecified atom stereocenters. The number of halogens is 2. The Morgan fingerprint density at radius 2 is 1.96 bits per heavy atom. The SMILES string of the molecule is CCNCC1CCN(C(=O)CCOc2ccc(Cl)cc2)CC1.Cl. The maximum absolute atomic E-state index is 12.2. The fraction of sp³-hybridized carbons (Fsp3) is 0.588. The van der Waals surface area contributed by atoms with E-state index < -0.39 is 0 Å². The highest BCUT2D eigenvalue weighted by atomic mass is 35.5. The van der Waals surface area contributed by atoms with Crippen LogP contribution in [0.1, 0.15) is 26.2 Å². The quantitative estimate of drug-likeness (QED) is 0.810. The molecule has 2 rings (SSSR count). The minimum Gasteiger partial charge on any atom is -0.493 e. The van der Waals surface area contributed by atoms with Gasteiger partial charge in [-0.1, -0.05) is 18.5 Å². The van der Waals surface area contributed by atoms with Crippen molar-refractivity contribution in [2.75, 3.05) is 32.8 Å². The first kappa shape index (κ1) is 20.1. The third-order valence-electron chi connectivity index (χ3n) is 4.05. The molecular weight excluding hydrogens is 335 g/mol. The van der Waals surface area contributed by atoms with E-state index in [0.29, 0.717) is 24.0 Å². The van der Waals surface area contributed by atoms with Gasteiger partial charge < -0.3 is 15.0 Å². The summed E-state index contributed by atoms with van der Waals surface area (Å²) in [7, 11) is 0. The number of hydrogen-bond donors (Lipinski definition) is 1. The fourth-order valence-corrected chi connectivity index (χ4v) is 2.81. The predicted molar refractivity (Wildman–Crippen MR) is 96.7 cm³/mol. The highest BCUT2D eigenvalue weighted by Gasteiger charge is 2.22. The molecule has 0 spiro atoms. The van der Waals surface area contributed by atoms with Gasteiger partial charge >= 0.3 is 0 Å². The molecule has 4 nitrogen and oxygen atoms in total. The number of nitrogens with one attached hydrogen (secondary N) is 1. The van der Waals surface area contributed by atoms with Gasteiger partial charge in [0.25, 0.3) is 0 Å². The predicted octanol–water partition coefficient (Wildman–Crippen LogP) is 3.38. The molecule has 1 aromatic rings. The summed E-state index contributed by atoms with van der Waals surface area (Å²) >= 11 is 5.82. The standard InChI is InChI=1S/C17H25ClN2O2.ClH/c1-2-19-13-14-7-10-20(11-8-14)17(21)9-12-22-16-5-3-15(18)4-6-16;/h3-6,14,19H,2,7-13H2,1H3;1H. The van der Waals surface area contributed by atoms with Crippen LogP contribution in [0, 0.1) is 5.92 Å². The molecule has 1 N–H and O–H groups in total. The molecule has 130 valence electrons. The minimum atomic E-state index is 0. The van der Waals surface area contributed by atoms with Crippen LogP contribution < -0.4 is 10.1 Å². The van der Waals surface area contributed by atoms with Gasteiger partial charge in [-0.25, -0.2) is 0 Å². The number of piperidine rings is 1. The normalized spacial score (nSPS) is 15.1. The highest BCUT2D eigenvalue weighted by molar-refractivity contribution is 6.30. The lowest BCUT2D eigenvalue weighted by Crippen LogP contribution is -2.41. The number of carbonyl (C=O) groups is 1. The van der Waals surface area contributed by atoms with Crippen molar-refractivity contribution >= 4 is 29.9 Å². The van der Waals surface area contributed by atoms with E-state index in [1.165, 1.54) is 0 Å². The monoisotopic (exact) mass is 360 g/mol. The first-order valence-corrected chi connectivity index (χ1v) is 8.43. The van der Waals surface area contributed by atoms with Crippen molar-refractivity contribution < 1.29 is 9.53 Å². The molecule has 0 atom stereocenters. The molecule has 23 heavy (non-hydrogen) atoms. The van der Waals surface area contributed by atoms with E-state index in [1.807, 2.05) is 17.0 Å². The van der Waals surface area contributed by atoms with E-state index in [-0.39, 0.29) is 18.3 Å². The maximum atomic E-state index is 12.2. The van der Waals surface area contributed by atoms with Gasteiger partial charge in [0, 0.05) is 18.1 Å². The van der Waals surface area contributed by atoms with Crippen molar-refractivity contribution in [2.24, 2.45) is 5.92 Å². The number of ether oxygens (including phenoxy) is 1. The van der Waals surface area contributed by atoms with Gasteiger partial charge in [-0.3, -0.25) is 4.79 Å². The summed E-state index contributed by atoms with van der Waals surface area (Å²) in [5.74, 6) is 1.65. The number of likely N-dealkylation sites (tertiary alicyclic amines) is 1. The second-order valence-electron chi connectivity index (χ2n) is 5.68. The third kappa shape index (κ3) is 6.98. The number of benzene rings is 1. The second kappa shape index (κ2) is 10.7. The number of nitrogens with zero attached hydrogens (tertiary/aromatic N) is 1. The molecule has 0 aromatic heterocycles. The molecule has 1 heterocycles. The van der Waals surface area contributed by atoms with Crippen molar-refractivity contribution in [1.29, 1.82) is 0 Å². The van der Waals surface area contributed by atoms with Crippen LogP contribution in [0.2, 0.25) is 5.02 Å². The Balaban J connectivity index is 0.00000264. The summed E-state index contributed by atoms with van der Waals surface area (Å²) in [4.78, 5) is 14.1. The van der Waals surface area contributed by atoms with E-state index in [1.54, 1.807) is 12.1 Å². The third-order valence-corrected chi connectivity index (χ3v) is 4.30.